The smallest absolute Gasteiger partial charge is 0.271 e. The molecule has 0 aliphatic heterocycles. The molecule has 2 unspecified atom stereocenters. The van der Waals surface area contributed by atoms with E-state index < -0.39 is 0 Å². The van der Waals surface area contributed by atoms with Crippen molar-refractivity contribution in [3.05, 3.63) is 23.0 Å². The molecule has 1 aliphatic carbocycles. The summed E-state index contributed by atoms with van der Waals surface area (Å²) < 4.78 is 0. The summed E-state index contributed by atoms with van der Waals surface area (Å²) in [4.78, 5) is 11.7. The first-order chi connectivity index (χ1) is 8.16. The number of nitrogens with one attached hydrogen (secondary N) is 1. The minimum Gasteiger partial charge on any atom is -0.393 e. The number of aliphatic hydroxyl groups is 1. The van der Waals surface area contributed by atoms with Crippen LogP contribution in [0.25, 0.3) is 0 Å². The molecule has 0 bridgehead atoms. The zero-order chi connectivity index (χ0) is 12.3. The fourth-order valence-electron chi connectivity index (χ4n) is 2.01. The summed E-state index contributed by atoms with van der Waals surface area (Å²) in [6, 6.07) is 3.05. The van der Waals surface area contributed by atoms with Gasteiger partial charge < -0.3 is 10.4 Å². The van der Waals surface area contributed by atoms with Gasteiger partial charge in [-0.15, -0.1) is 10.2 Å². The normalized spacial score (nSPS) is 23.6. The average molecular weight is 256 g/mol. The number of hydrogen-bond donors (Lipinski definition) is 2. The minimum atomic E-state index is -0.299. The van der Waals surface area contributed by atoms with Crippen LogP contribution in [0.2, 0.25) is 5.15 Å². The second-order valence-electron chi connectivity index (χ2n) is 4.21. The van der Waals surface area contributed by atoms with Crippen LogP contribution in [0.15, 0.2) is 12.1 Å². The number of halogens is 1. The molecule has 2 N–H and O–H groups in total. The van der Waals surface area contributed by atoms with Gasteiger partial charge in [0.1, 0.15) is 0 Å². The van der Waals surface area contributed by atoms with Gasteiger partial charge in [-0.2, -0.15) is 0 Å². The van der Waals surface area contributed by atoms with Crippen molar-refractivity contribution in [3.8, 4) is 0 Å². The minimum absolute atomic E-state index is 0.152. The van der Waals surface area contributed by atoms with Gasteiger partial charge in [0.05, 0.1) is 6.10 Å². The number of carbonyl (C=O) groups is 1. The second-order valence-corrected chi connectivity index (χ2v) is 4.60. The largest absolute Gasteiger partial charge is 0.393 e. The molecule has 1 heterocycles. The Bertz CT molecular complexity index is 396. The Balaban J connectivity index is 1.87. The molecule has 0 saturated heterocycles. The quantitative estimate of drug-likeness (QED) is 0.846. The van der Waals surface area contributed by atoms with Crippen LogP contribution >= 0.6 is 11.6 Å². The lowest BCUT2D eigenvalue weighted by molar-refractivity contribution is 0.0911. The molecule has 2 atom stereocenters. The van der Waals surface area contributed by atoms with Gasteiger partial charge in [0.25, 0.3) is 5.91 Å². The first-order valence-corrected chi connectivity index (χ1v) is 6.00. The molecule has 2 rings (SSSR count). The summed E-state index contributed by atoms with van der Waals surface area (Å²) >= 11 is 5.58. The summed E-state index contributed by atoms with van der Waals surface area (Å²) in [7, 11) is 0. The molecule has 6 heteroatoms. The van der Waals surface area contributed by atoms with E-state index in [9.17, 15) is 9.90 Å². The molecule has 1 saturated carbocycles. The first-order valence-electron chi connectivity index (χ1n) is 5.62. The lowest BCUT2D eigenvalue weighted by atomic mass is 10.1. The Hall–Kier alpha value is -1.20. The third-order valence-electron chi connectivity index (χ3n) is 3.01. The highest BCUT2D eigenvalue weighted by Gasteiger charge is 2.25. The molecule has 92 valence electrons. The Kier molecular flexibility index (Phi) is 3.91. The van der Waals surface area contributed by atoms with Crippen LogP contribution in [0.1, 0.15) is 29.8 Å². The Morgan fingerprint density at radius 3 is 2.88 bits per heavy atom. The van der Waals surface area contributed by atoms with Gasteiger partial charge >= 0.3 is 0 Å². The highest BCUT2D eigenvalue weighted by atomic mass is 35.5. The van der Waals surface area contributed by atoms with Crippen LogP contribution < -0.4 is 5.32 Å². The molecule has 1 aromatic heterocycles. The Labute approximate surface area is 104 Å². The summed E-state index contributed by atoms with van der Waals surface area (Å²) in [6.45, 7) is 0.476. The maximum absolute atomic E-state index is 11.7. The maximum Gasteiger partial charge on any atom is 0.271 e. The van der Waals surface area contributed by atoms with Crippen molar-refractivity contribution in [2.24, 2.45) is 5.92 Å². The van der Waals surface area contributed by atoms with E-state index in [2.05, 4.69) is 15.5 Å². The molecule has 1 amide bonds. The predicted molar refractivity (Wildman–Crippen MR) is 62.7 cm³/mol. The van der Waals surface area contributed by atoms with Gasteiger partial charge in [0, 0.05) is 12.5 Å². The highest BCUT2D eigenvalue weighted by Crippen LogP contribution is 2.24. The van der Waals surface area contributed by atoms with Crippen LogP contribution in [0.5, 0.6) is 0 Å². The number of nitrogens with zero attached hydrogens (tertiary/aromatic N) is 2. The van der Waals surface area contributed by atoms with Gasteiger partial charge in [-0.25, -0.2) is 0 Å². The lowest BCUT2D eigenvalue weighted by Gasteiger charge is -2.14. The van der Waals surface area contributed by atoms with E-state index >= 15 is 0 Å². The van der Waals surface area contributed by atoms with E-state index in [1.54, 1.807) is 0 Å². The van der Waals surface area contributed by atoms with E-state index in [4.69, 9.17) is 11.6 Å². The lowest BCUT2D eigenvalue weighted by Crippen LogP contribution is -2.33. The Morgan fingerprint density at radius 1 is 1.47 bits per heavy atom. The van der Waals surface area contributed by atoms with E-state index in [0.29, 0.717) is 6.54 Å². The van der Waals surface area contributed by atoms with Crippen LogP contribution in [0, 0.1) is 5.92 Å². The summed E-state index contributed by atoms with van der Waals surface area (Å²) in [5.74, 6) is -0.132. The van der Waals surface area contributed by atoms with E-state index in [1.165, 1.54) is 12.1 Å². The van der Waals surface area contributed by atoms with Crippen molar-refractivity contribution in [1.29, 1.82) is 0 Å². The first kappa shape index (κ1) is 12.3. The SMILES string of the molecule is O=C(NCC1CCCC1O)c1ccc(Cl)nn1. The van der Waals surface area contributed by atoms with Gasteiger partial charge in [-0.3, -0.25) is 4.79 Å². The summed E-state index contributed by atoms with van der Waals surface area (Å²) in [5, 5.41) is 19.9. The number of hydrogen-bond acceptors (Lipinski definition) is 4. The zero-order valence-electron chi connectivity index (χ0n) is 9.27. The number of rotatable bonds is 3. The van der Waals surface area contributed by atoms with E-state index in [0.717, 1.165) is 19.3 Å². The van der Waals surface area contributed by atoms with Crippen LogP contribution in [-0.4, -0.2) is 33.9 Å². The molecule has 17 heavy (non-hydrogen) atoms. The van der Waals surface area contributed by atoms with Crippen LogP contribution in [0.3, 0.4) is 0 Å². The molecule has 5 nitrogen and oxygen atoms in total. The van der Waals surface area contributed by atoms with Crippen molar-refractivity contribution in [1.82, 2.24) is 15.5 Å². The highest BCUT2D eigenvalue weighted by molar-refractivity contribution is 6.29. The van der Waals surface area contributed by atoms with Crippen molar-refractivity contribution in [3.63, 3.8) is 0 Å². The molecule has 1 aliphatic rings. The molecule has 0 aromatic carbocycles. The number of aliphatic hydroxyl groups excluding tert-OH is 1. The average Bonchev–Trinajstić information content (AvgIpc) is 2.73. The zero-order valence-corrected chi connectivity index (χ0v) is 10.0. The molecular formula is C11H14ClN3O2. The third-order valence-corrected chi connectivity index (χ3v) is 3.21. The van der Waals surface area contributed by atoms with Gasteiger partial charge in [0.2, 0.25) is 0 Å². The van der Waals surface area contributed by atoms with Crippen molar-refractivity contribution >= 4 is 17.5 Å². The van der Waals surface area contributed by atoms with Crippen molar-refractivity contribution < 1.29 is 9.90 Å². The molecule has 0 spiro atoms. The van der Waals surface area contributed by atoms with Crippen LogP contribution in [0.4, 0.5) is 0 Å². The summed E-state index contributed by atoms with van der Waals surface area (Å²) in [6.07, 6.45) is 2.49. The summed E-state index contributed by atoms with van der Waals surface area (Å²) in [5.41, 5.74) is 0.238. The Morgan fingerprint density at radius 2 is 2.29 bits per heavy atom. The fraction of sp³-hybridized carbons (Fsp3) is 0.545. The molecule has 1 fully saturated rings. The molecule has 1 aromatic rings. The third kappa shape index (κ3) is 3.14. The van der Waals surface area contributed by atoms with Crippen molar-refractivity contribution in [2.45, 2.75) is 25.4 Å². The standard InChI is InChI=1S/C11H14ClN3O2/c12-10-5-4-8(14-15-10)11(17)13-6-7-2-1-3-9(7)16/h4-5,7,9,16H,1-3,6H2,(H,13,17). The second kappa shape index (κ2) is 5.42. The predicted octanol–water partition coefficient (Wildman–Crippen LogP) is 1.02. The topological polar surface area (TPSA) is 75.1 Å². The monoisotopic (exact) mass is 255 g/mol. The number of carbonyl (C=O) groups excluding carboxylic acids is 1. The molecular weight excluding hydrogens is 242 g/mol. The van der Waals surface area contributed by atoms with E-state index in [-0.39, 0.29) is 28.8 Å². The van der Waals surface area contributed by atoms with Gasteiger partial charge in [-0.1, -0.05) is 18.0 Å². The van der Waals surface area contributed by atoms with Crippen molar-refractivity contribution in [2.75, 3.05) is 6.54 Å². The van der Waals surface area contributed by atoms with Crippen LogP contribution in [-0.2, 0) is 0 Å². The van der Waals surface area contributed by atoms with Gasteiger partial charge in [0.15, 0.2) is 10.8 Å². The molecule has 0 radical (unpaired) electrons. The van der Waals surface area contributed by atoms with E-state index in [1.807, 2.05) is 0 Å². The van der Waals surface area contributed by atoms with Gasteiger partial charge in [-0.05, 0) is 25.0 Å². The maximum atomic E-state index is 11.7. The number of aromatic nitrogens is 2. The fourth-order valence-corrected chi connectivity index (χ4v) is 2.11. The number of amides is 1.